The molecule has 1 heterocycles. The summed E-state index contributed by atoms with van der Waals surface area (Å²) in [7, 11) is 0. The molecule has 0 aliphatic rings. The van der Waals surface area contributed by atoms with Crippen LogP contribution in [0.4, 0.5) is 0 Å². The largest absolute Gasteiger partial charge is 0.252 e. The monoisotopic (exact) mass is 239 g/mol. The summed E-state index contributed by atoms with van der Waals surface area (Å²) in [6.45, 7) is 4.07. The van der Waals surface area contributed by atoms with E-state index in [1.54, 1.807) is 0 Å². The quantitative estimate of drug-likeness (QED) is 0.719. The van der Waals surface area contributed by atoms with Gasteiger partial charge in [-0.1, -0.05) is 30.1 Å². The first-order valence-electron chi connectivity index (χ1n) is 4.87. The van der Waals surface area contributed by atoms with Crippen LogP contribution in [-0.4, -0.2) is 4.98 Å². The Kier molecular flexibility index (Phi) is 2.85. The van der Waals surface area contributed by atoms with Crippen LogP contribution in [0.1, 0.15) is 18.2 Å². The third-order valence-electron chi connectivity index (χ3n) is 2.55. The molecule has 2 rings (SSSR count). The molecule has 15 heavy (non-hydrogen) atoms. The second-order valence-electron chi connectivity index (χ2n) is 3.51. The van der Waals surface area contributed by atoms with Gasteiger partial charge in [-0.25, -0.2) is 0 Å². The molecule has 0 saturated heterocycles. The highest BCUT2D eigenvalue weighted by Crippen LogP contribution is 2.29. The van der Waals surface area contributed by atoms with Crippen molar-refractivity contribution in [2.75, 3.05) is 0 Å². The molecule has 0 saturated carbocycles. The summed E-state index contributed by atoms with van der Waals surface area (Å²) in [4.78, 5) is 4.55. The molecule has 3 heteroatoms. The van der Waals surface area contributed by atoms with E-state index >= 15 is 0 Å². The number of aryl methyl sites for hydroxylation is 1. The van der Waals surface area contributed by atoms with E-state index in [1.165, 1.54) is 0 Å². The fourth-order valence-electron chi connectivity index (χ4n) is 1.68. The zero-order valence-electron chi connectivity index (χ0n) is 8.64. The summed E-state index contributed by atoms with van der Waals surface area (Å²) in [5, 5.41) is 2.38. The van der Waals surface area contributed by atoms with Gasteiger partial charge in [0.25, 0.3) is 0 Å². The zero-order chi connectivity index (χ0) is 11.0. The second-order valence-corrected chi connectivity index (χ2v) is 4.33. The maximum atomic E-state index is 6.28. The van der Waals surface area contributed by atoms with Crippen LogP contribution in [0.25, 0.3) is 10.9 Å². The van der Waals surface area contributed by atoms with E-state index in [-0.39, 0.29) is 0 Å². The minimum Gasteiger partial charge on any atom is -0.252 e. The highest BCUT2D eigenvalue weighted by molar-refractivity contribution is 6.37. The Morgan fingerprint density at radius 1 is 1.27 bits per heavy atom. The van der Waals surface area contributed by atoms with Gasteiger partial charge in [-0.2, -0.15) is 0 Å². The summed E-state index contributed by atoms with van der Waals surface area (Å²) in [6.07, 6.45) is 0.893. The third-order valence-corrected chi connectivity index (χ3v) is 3.27. The molecule has 0 unspecified atom stereocenters. The van der Waals surface area contributed by atoms with E-state index in [0.717, 1.165) is 33.6 Å². The molecule has 0 aliphatic heterocycles. The van der Waals surface area contributed by atoms with Gasteiger partial charge in [-0.3, -0.25) is 4.98 Å². The van der Waals surface area contributed by atoms with Crippen molar-refractivity contribution in [1.29, 1.82) is 0 Å². The number of fused-ring (bicyclic) bond motifs is 1. The van der Waals surface area contributed by atoms with Crippen molar-refractivity contribution in [1.82, 2.24) is 4.98 Å². The van der Waals surface area contributed by atoms with Gasteiger partial charge in [0.2, 0.25) is 0 Å². The van der Waals surface area contributed by atoms with Crippen LogP contribution in [0, 0.1) is 6.92 Å². The van der Waals surface area contributed by atoms with E-state index < -0.39 is 0 Å². The van der Waals surface area contributed by atoms with Crippen LogP contribution in [0.2, 0.25) is 10.0 Å². The van der Waals surface area contributed by atoms with Gasteiger partial charge in [0.05, 0.1) is 10.5 Å². The number of halogens is 2. The van der Waals surface area contributed by atoms with Gasteiger partial charge in [0.1, 0.15) is 0 Å². The van der Waals surface area contributed by atoms with Crippen molar-refractivity contribution in [2.24, 2.45) is 0 Å². The molecule has 2 aromatic rings. The summed E-state index contributed by atoms with van der Waals surface area (Å²) in [5.41, 5.74) is 3.01. The smallest absolute Gasteiger partial charge is 0.0721 e. The number of rotatable bonds is 1. The molecule has 1 aromatic carbocycles. The van der Waals surface area contributed by atoms with Gasteiger partial charge >= 0.3 is 0 Å². The average molecular weight is 240 g/mol. The van der Waals surface area contributed by atoms with Crippen LogP contribution in [0.5, 0.6) is 0 Å². The number of hydrogen-bond donors (Lipinski definition) is 0. The number of hydrogen-bond acceptors (Lipinski definition) is 1. The van der Waals surface area contributed by atoms with E-state index in [0.29, 0.717) is 5.02 Å². The molecule has 0 amide bonds. The Balaban J connectivity index is 2.84. The SMILES string of the molecule is CCc1nc2ccc(Cl)cc2c(Cl)c1C. The van der Waals surface area contributed by atoms with Crippen molar-refractivity contribution in [3.8, 4) is 0 Å². The molecule has 0 bridgehead atoms. The molecule has 1 aromatic heterocycles. The molecule has 0 aliphatic carbocycles. The van der Waals surface area contributed by atoms with Crippen molar-refractivity contribution >= 4 is 34.1 Å². The zero-order valence-corrected chi connectivity index (χ0v) is 10.2. The Labute approximate surface area is 99.0 Å². The van der Waals surface area contributed by atoms with Gasteiger partial charge in [-0.05, 0) is 37.1 Å². The molecule has 0 atom stereocenters. The Morgan fingerprint density at radius 2 is 2.00 bits per heavy atom. The van der Waals surface area contributed by atoms with Crippen LogP contribution in [0.3, 0.4) is 0 Å². The molecule has 0 spiro atoms. The van der Waals surface area contributed by atoms with E-state index in [2.05, 4.69) is 11.9 Å². The number of nitrogens with zero attached hydrogens (tertiary/aromatic N) is 1. The van der Waals surface area contributed by atoms with Crippen molar-refractivity contribution < 1.29 is 0 Å². The predicted octanol–water partition coefficient (Wildman–Crippen LogP) is 4.41. The van der Waals surface area contributed by atoms with Gasteiger partial charge in [0.15, 0.2) is 0 Å². The van der Waals surface area contributed by atoms with E-state index in [4.69, 9.17) is 23.2 Å². The first-order chi connectivity index (χ1) is 7.13. The highest BCUT2D eigenvalue weighted by Gasteiger charge is 2.08. The first kappa shape index (κ1) is 10.7. The third kappa shape index (κ3) is 1.82. The normalized spacial score (nSPS) is 10.9. The van der Waals surface area contributed by atoms with Crippen LogP contribution < -0.4 is 0 Å². The van der Waals surface area contributed by atoms with Gasteiger partial charge in [0, 0.05) is 16.1 Å². The Morgan fingerprint density at radius 3 is 2.67 bits per heavy atom. The van der Waals surface area contributed by atoms with Gasteiger partial charge < -0.3 is 0 Å². The lowest BCUT2D eigenvalue weighted by atomic mass is 10.1. The Bertz CT molecular complexity index is 521. The minimum absolute atomic E-state index is 0.690. The molecule has 78 valence electrons. The fraction of sp³-hybridized carbons (Fsp3) is 0.250. The number of pyridine rings is 1. The summed E-state index contributed by atoms with van der Waals surface area (Å²) in [6, 6.07) is 5.60. The predicted molar refractivity (Wildman–Crippen MR) is 65.9 cm³/mol. The molecule has 1 nitrogen and oxygen atoms in total. The van der Waals surface area contributed by atoms with Gasteiger partial charge in [-0.15, -0.1) is 0 Å². The fourth-order valence-corrected chi connectivity index (χ4v) is 2.12. The maximum absolute atomic E-state index is 6.28. The van der Waals surface area contributed by atoms with Crippen molar-refractivity contribution in [3.63, 3.8) is 0 Å². The summed E-state index contributed by atoms with van der Waals surface area (Å²) >= 11 is 12.2. The standard InChI is InChI=1S/C12H11Cl2N/c1-3-10-7(2)12(14)9-6-8(13)4-5-11(9)15-10/h4-6H,3H2,1-2H3. The lowest BCUT2D eigenvalue weighted by molar-refractivity contribution is 1.03. The van der Waals surface area contributed by atoms with Crippen LogP contribution in [0.15, 0.2) is 18.2 Å². The molecule has 0 N–H and O–H groups in total. The van der Waals surface area contributed by atoms with E-state index in [1.807, 2.05) is 25.1 Å². The summed E-state index contributed by atoms with van der Waals surface area (Å²) < 4.78 is 0. The topological polar surface area (TPSA) is 12.9 Å². The second kappa shape index (κ2) is 3.99. The molecule has 0 fully saturated rings. The van der Waals surface area contributed by atoms with Crippen LogP contribution >= 0.6 is 23.2 Å². The molecular weight excluding hydrogens is 229 g/mol. The highest BCUT2D eigenvalue weighted by atomic mass is 35.5. The van der Waals surface area contributed by atoms with Crippen molar-refractivity contribution in [2.45, 2.75) is 20.3 Å². The van der Waals surface area contributed by atoms with E-state index in [9.17, 15) is 0 Å². The maximum Gasteiger partial charge on any atom is 0.0721 e. The van der Waals surface area contributed by atoms with Crippen molar-refractivity contribution in [3.05, 3.63) is 39.5 Å². The molecule has 0 radical (unpaired) electrons. The molecular formula is C12H11Cl2N. The average Bonchev–Trinajstić information content (AvgIpc) is 2.24. The number of benzene rings is 1. The first-order valence-corrected chi connectivity index (χ1v) is 5.63. The lowest BCUT2D eigenvalue weighted by Gasteiger charge is -2.08. The Hall–Kier alpha value is -0.790. The lowest BCUT2D eigenvalue weighted by Crippen LogP contribution is -1.94. The minimum atomic E-state index is 0.690. The number of aromatic nitrogens is 1. The van der Waals surface area contributed by atoms with Crippen LogP contribution in [-0.2, 0) is 6.42 Å². The summed E-state index contributed by atoms with van der Waals surface area (Å²) in [5.74, 6) is 0.